The van der Waals surface area contributed by atoms with Gasteiger partial charge in [-0.25, -0.2) is 4.79 Å². The van der Waals surface area contributed by atoms with Gasteiger partial charge < -0.3 is 57.6 Å². The summed E-state index contributed by atoms with van der Waals surface area (Å²) in [5, 5.41) is 40.3. The van der Waals surface area contributed by atoms with Crippen LogP contribution < -0.4 is 0 Å². The number of aliphatic hydroxyl groups is 3. The lowest BCUT2D eigenvalue weighted by atomic mass is 9.33. The van der Waals surface area contributed by atoms with E-state index in [2.05, 4.69) is 0 Å². The summed E-state index contributed by atoms with van der Waals surface area (Å²) < 4.78 is 55.4. The fourth-order valence-corrected chi connectivity index (χ4v) is 13.6. The second kappa shape index (κ2) is 10.0. The second-order valence-electron chi connectivity index (χ2n) is 17.4. The molecule has 16 atom stereocenters. The highest BCUT2D eigenvalue weighted by Crippen LogP contribution is 2.95. The molecular weight excluding hydrogens is 716 g/mol. The van der Waals surface area contributed by atoms with Gasteiger partial charge in [-0.15, -0.1) is 0 Å². The third-order valence-electron chi connectivity index (χ3n) is 15.0. The summed E-state index contributed by atoms with van der Waals surface area (Å²) >= 11 is 0. The molecule has 5 aliphatic carbocycles. The maximum atomic E-state index is 14.5. The van der Waals surface area contributed by atoms with Gasteiger partial charge in [0, 0.05) is 43.6 Å². The number of rotatable bonds is 7. The number of hydrogen-bond donors (Lipinski definition) is 3. The number of hydrogen-bond acceptors (Lipinski definition) is 17. The first-order valence-corrected chi connectivity index (χ1v) is 18.2. The van der Waals surface area contributed by atoms with Gasteiger partial charge in [-0.3, -0.25) is 19.2 Å². The van der Waals surface area contributed by atoms with Crippen LogP contribution in [0.4, 0.5) is 0 Å². The van der Waals surface area contributed by atoms with E-state index in [9.17, 15) is 39.3 Å². The number of carbonyl (C=O) groups excluding carboxylic acids is 5. The average molecular weight is 761 g/mol. The Kier molecular flexibility index (Phi) is 6.70. The largest absolute Gasteiger partial charge is 0.472 e. The maximum absolute atomic E-state index is 14.5. The van der Waals surface area contributed by atoms with E-state index < -0.39 is 135 Å². The number of carbonyl (C=O) groups is 5. The Morgan fingerprint density at radius 1 is 0.963 bits per heavy atom. The van der Waals surface area contributed by atoms with Gasteiger partial charge >= 0.3 is 29.8 Å². The monoisotopic (exact) mass is 760 g/mol. The van der Waals surface area contributed by atoms with Gasteiger partial charge in [-0.2, -0.15) is 0 Å². The van der Waals surface area contributed by atoms with E-state index in [4.69, 9.17) is 42.3 Å². The molecule has 0 aromatic carbocycles. The highest BCUT2D eigenvalue weighted by Gasteiger charge is 3.11. The van der Waals surface area contributed by atoms with Gasteiger partial charge in [0.2, 0.25) is 6.10 Å². The van der Waals surface area contributed by atoms with Crippen LogP contribution in [0.1, 0.15) is 79.4 Å². The van der Waals surface area contributed by atoms with Crippen molar-refractivity contribution in [2.75, 3.05) is 7.11 Å². The summed E-state index contributed by atoms with van der Waals surface area (Å²) in [4.78, 5) is 68.0. The molecule has 1 aromatic heterocycles. The van der Waals surface area contributed by atoms with Crippen molar-refractivity contribution in [2.24, 2.45) is 33.5 Å². The first-order chi connectivity index (χ1) is 25.1. The summed E-state index contributed by atoms with van der Waals surface area (Å²) in [6.45, 7) is 9.90. The van der Waals surface area contributed by atoms with Gasteiger partial charge in [0.05, 0.1) is 42.5 Å². The van der Waals surface area contributed by atoms with E-state index >= 15 is 0 Å². The zero-order valence-electron chi connectivity index (χ0n) is 31.0. The number of furan rings is 1. The standard InChI is InChI=1S/C37H44O17/c1-15(2)25(42)51-28-35(45)27(49-17(4)39)29(5)13-34(35,44)30(6,19(29)11-20(40)46-8)36-23-21(41)32-14-33(32,37(28,36)54-31(7,52-23)53-36)24(48-16(3)38)26(43)50-22(32)18-9-10-47-12-18/h9-10,12,15,19,21-24,27-28,41,44-45H,11,13-14H2,1-8H3/t19-,21-,22-,23+,24-,27-,28+,29+,30+,31?,32-,33+,34+,35-,36-,37-/m0/s1. The average Bonchev–Trinajstić information content (AvgIpc) is 3.43. The zero-order valence-corrected chi connectivity index (χ0v) is 31.0. The number of cyclic esters (lactones) is 1. The topological polar surface area (TPSA) is 233 Å². The number of esters is 5. The molecule has 294 valence electrons. The molecule has 17 nitrogen and oxygen atoms in total. The van der Waals surface area contributed by atoms with Crippen LogP contribution in [0.25, 0.3) is 0 Å². The molecule has 3 saturated heterocycles. The van der Waals surface area contributed by atoms with E-state index in [0.29, 0.717) is 5.56 Å². The zero-order chi connectivity index (χ0) is 39.2. The first kappa shape index (κ1) is 36.1. The van der Waals surface area contributed by atoms with Gasteiger partial charge in [-0.1, -0.05) is 27.7 Å². The lowest BCUT2D eigenvalue weighted by Gasteiger charge is -2.76. The minimum atomic E-state index is -2.77. The van der Waals surface area contributed by atoms with Crippen molar-refractivity contribution in [3.05, 3.63) is 24.2 Å². The molecule has 1 unspecified atom stereocenters. The SMILES string of the molecule is COC(=O)C[C@H]1[C@@]2(C)C[C@]3(O)[C@@](O)([C@@H](OC(=O)C(C)C)[C@]45OC6(C)O[C@H]([C@H](O)[C@]78C[C@@]74[C@@H](OC(C)=O)C(=O)O[C@H]8c4ccoc4)[C@]5(O6)[C@]13C)[C@H]2OC(C)=O. The lowest BCUT2D eigenvalue weighted by Crippen LogP contribution is -2.97. The van der Waals surface area contributed by atoms with Crippen LogP contribution >= 0.6 is 0 Å². The molecule has 3 aliphatic heterocycles. The van der Waals surface area contributed by atoms with Crippen LogP contribution in [0.15, 0.2) is 23.0 Å². The summed E-state index contributed by atoms with van der Waals surface area (Å²) in [6, 6.07) is 1.54. The Labute approximate surface area is 308 Å². The van der Waals surface area contributed by atoms with Crippen molar-refractivity contribution in [3.63, 3.8) is 0 Å². The fraction of sp³-hybridized carbons (Fsp3) is 0.757. The highest BCUT2D eigenvalue weighted by molar-refractivity contribution is 5.84. The van der Waals surface area contributed by atoms with E-state index in [1.54, 1.807) is 27.7 Å². The molecule has 17 heteroatoms. The molecule has 0 radical (unpaired) electrons. The van der Waals surface area contributed by atoms with Crippen LogP contribution in [0.2, 0.25) is 0 Å². The molecule has 9 rings (SSSR count). The Balaban J connectivity index is 1.44. The predicted molar refractivity (Wildman–Crippen MR) is 171 cm³/mol. The molecular formula is C37H44O17. The predicted octanol–water partition coefficient (Wildman–Crippen LogP) is 0.742. The van der Waals surface area contributed by atoms with E-state index in [1.807, 2.05) is 0 Å². The van der Waals surface area contributed by atoms with Gasteiger partial charge in [0.25, 0.3) is 5.97 Å². The molecule has 5 saturated carbocycles. The van der Waals surface area contributed by atoms with Gasteiger partial charge in [-0.05, 0) is 24.8 Å². The Morgan fingerprint density at radius 3 is 2.22 bits per heavy atom. The Bertz CT molecular complexity index is 1910. The highest BCUT2D eigenvalue weighted by atomic mass is 17.0. The molecule has 8 fully saturated rings. The van der Waals surface area contributed by atoms with Gasteiger partial charge in [0.1, 0.15) is 29.5 Å². The molecule has 4 heterocycles. The minimum absolute atomic E-state index is 0.223. The fourth-order valence-electron chi connectivity index (χ4n) is 13.6. The van der Waals surface area contributed by atoms with E-state index in [0.717, 1.165) is 13.8 Å². The smallest absolute Gasteiger partial charge is 0.348 e. The number of methoxy groups -OCH3 is 1. The molecule has 0 amide bonds. The van der Waals surface area contributed by atoms with Crippen LogP contribution in [0.3, 0.4) is 0 Å². The maximum Gasteiger partial charge on any atom is 0.348 e. The van der Waals surface area contributed by atoms with E-state index in [-0.39, 0.29) is 12.8 Å². The summed E-state index contributed by atoms with van der Waals surface area (Å²) in [5.74, 6) is -8.44. The van der Waals surface area contributed by atoms with Crippen molar-refractivity contribution < 1.29 is 81.6 Å². The minimum Gasteiger partial charge on any atom is -0.472 e. The quantitative estimate of drug-likeness (QED) is 0.257. The third-order valence-corrected chi connectivity index (χ3v) is 15.0. The normalized spacial score (nSPS) is 53.6. The second-order valence-corrected chi connectivity index (χ2v) is 17.4. The van der Waals surface area contributed by atoms with E-state index in [1.165, 1.54) is 32.6 Å². The third kappa shape index (κ3) is 3.27. The molecule has 8 aliphatic rings. The molecule has 1 spiro atoms. The number of aliphatic hydroxyl groups excluding tert-OH is 1. The van der Waals surface area contributed by atoms with Crippen LogP contribution in [0.5, 0.6) is 0 Å². The molecule has 4 bridgehead atoms. The van der Waals surface area contributed by atoms with Gasteiger partial charge in [0.15, 0.2) is 17.3 Å². The summed E-state index contributed by atoms with van der Waals surface area (Å²) in [5.41, 5.74) is -16.5. The Morgan fingerprint density at radius 2 is 1.63 bits per heavy atom. The molecule has 3 N–H and O–H groups in total. The van der Waals surface area contributed by atoms with Crippen LogP contribution in [-0.4, -0.2) is 111 Å². The summed E-state index contributed by atoms with van der Waals surface area (Å²) in [7, 11) is 1.19. The van der Waals surface area contributed by atoms with Crippen LogP contribution in [-0.2, 0) is 61.9 Å². The van der Waals surface area contributed by atoms with Crippen molar-refractivity contribution in [1.82, 2.24) is 0 Å². The van der Waals surface area contributed by atoms with Crippen LogP contribution in [0, 0.1) is 33.5 Å². The van der Waals surface area contributed by atoms with Crippen molar-refractivity contribution >= 4 is 29.8 Å². The van der Waals surface area contributed by atoms with Crippen molar-refractivity contribution in [2.45, 2.75) is 133 Å². The number of fused-ring (bicyclic) bond motifs is 2. The lowest BCUT2D eigenvalue weighted by molar-refractivity contribution is -0.454. The molecule has 1 aromatic rings. The number of ether oxygens (including phenoxy) is 8. The van der Waals surface area contributed by atoms with Crippen molar-refractivity contribution in [1.29, 1.82) is 0 Å². The summed E-state index contributed by atoms with van der Waals surface area (Å²) in [6.07, 6.45) is -8.36. The first-order valence-electron chi connectivity index (χ1n) is 18.2. The van der Waals surface area contributed by atoms with Crippen molar-refractivity contribution in [3.8, 4) is 0 Å². The Hall–Kier alpha value is -3.61. The molecule has 54 heavy (non-hydrogen) atoms.